The molecule has 1 fully saturated rings. The molecule has 1 aromatic carbocycles. The largest absolute Gasteiger partial charge is 0.328 e. The van der Waals surface area contributed by atoms with Crippen LogP contribution in [0.5, 0.6) is 0 Å². The molecule has 1 aromatic heterocycles. The maximum atomic E-state index is 5.96. The molecule has 1 saturated carbocycles. The normalized spacial score (nSPS) is 25.3. The fraction of sp³-hybridized carbons (Fsp3) is 0.500. The Morgan fingerprint density at radius 3 is 2.71 bits per heavy atom. The van der Waals surface area contributed by atoms with E-state index in [2.05, 4.69) is 25.1 Å². The average molecular weight is 246 g/mol. The molecule has 0 spiro atoms. The van der Waals surface area contributed by atoms with Gasteiger partial charge in [0.2, 0.25) is 0 Å². The second-order valence-corrected chi connectivity index (χ2v) is 6.15. The summed E-state index contributed by atoms with van der Waals surface area (Å²) in [7, 11) is 0. The van der Waals surface area contributed by atoms with Crippen molar-refractivity contribution in [3.8, 4) is 0 Å². The van der Waals surface area contributed by atoms with E-state index in [0.717, 1.165) is 12.8 Å². The predicted octanol–water partition coefficient (Wildman–Crippen LogP) is 3.59. The number of thiazole rings is 1. The Bertz CT molecular complexity index is 524. The van der Waals surface area contributed by atoms with E-state index >= 15 is 0 Å². The van der Waals surface area contributed by atoms with E-state index < -0.39 is 0 Å². The quantitative estimate of drug-likeness (QED) is 0.835. The van der Waals surface area contributed by atoms with Crippen LogP contribution in [-0.4, -0.2) is 11.0 Å². The van der Waals surface area contributed by atoms with Gasteiger partial charge in [-0.25, -0.2) is 4.98 Å². The van der Waals surface area contributed by atoms with Gasteiger partial charge in [-0.3, -0.25) is 0 Å². The van der Waals surface area contributed by atoms with Gasteiger partial charge in [-0.1, -0.05) is 12.1 Å². The molecule has 2 nitrogen and oxygen atoms in total. The van der Waals surface area contributed by atoms with Crippen molar-refractivity contribution in [2.45, 2.75) is 44.6 Å². The lowest BCUT2D eigenvalue weighted by atomic mass is 9.87. The second kappa shape index (κ2) is 4.39. The molecule has 1 aliphatic rings. The zero-order valence-electron chi connectivity index (χ0n) is 10.1. The first-order chi connectivity index (χ1) is 8.24. The SMILES string of the molecule is Cc1cccc2sc(C3CCC(N)CC3)nc12. The van der Waals surface area contributed by atoms with Gasteiger partial charge in [-0.15, -0.1) is 11.3 Å². The molecule has 0 saturated heterocycles. The number of rotatable bonds is 1. The van der Waals surface area contributed by atoms with Crippen LogP contribution in [0.25, 0.3) is 10.2 Å². The molecule has 3 rings (SSSR count). The molecule has 0 amide bonds. The van der Waals surface area contributed by atoms with E-state index in [4.69, 9.17) is 10.7 Å². The number of aromatic nitrogens is 1. The predicted molar refractivity (Wildman–Crippen MR) is 73.5 cm³/mol. The standard InChI is InChI=1S/C14H18N2S/c1-9-3-2-4-12-13(9)16-14(17-12)10-5-7-11(15)8-6-10/h2-4,10-11H,5-8,15H2,1H3. The van der Waals surface area contributed by atoms with Crippen LogP contribution in [0.2, 0.25) is 0 Å². The monoisotopic (exact) mass is 246 g/mol. The fourth-order valence-electron chi connectivity index (χ4n) is 2.64. The number of benzene rings is 1. The van der Waals surface area contributed by atoms with Crippen LogP contribution in [0.15, 0.2) is 18.2 Å². The summed E-state index contributed by atoms with van der Waals surface area (Å²) in [6, 6.07) is 6.86. The van der Waals surface area contributed by atoms with Crippen molar-refractivity contribution in [2.75, 3.05) is 0 Å². The molecule has 1 heterocycles. The van der Waals surface area contributed by atoms with Crippen LogP contribution < -0.4 is 5.73 Å². The molecular formula is C14H18N2S. The Kier molecular flexibility index (Phi) is 2.89. The summed E-state index contributed by atoms with van der Waals surface area (Å²) in [6.45, 7) is 2.14. The van der Waals surface area contributed by atoms with E-state index in [1.54, 1.807) is 0 Å². The molecule has 3 heteroatoms. The van der Waals surface area contributed by atoms with Crippen LogP contribution in [0.3, 0.4) is 0 Å². The molecule has 2 N–H and O–H groups in total. The van der Waals surface area contributed by atoms with Gasteiger partial charge in [0.15, 0.2) is 0 Å². The summed E-state index contributed by atoms with van der Waals surface area (Å²) >= 11 is 1.87. The third kappa shape index (κ3) is 2.09. The number of aryl methyl sites for hydroxylation is 1. The van der Waals surface area contributed by atoms with Crippen molar-refractivity contribution < 1.29 is 0 Å². The maximum Gasteiger partial charge on any atom is 0.0969 e. The molecule has 0 atom stereocenters. The lowest BCUT2D eigenvalue weighted by Crippen LogP contribution is -2.25. The average Bonchev–Trinajstić information content (AvgIpc) is 2.75. The van der Waals surface area contributed by atoms with Gasteiger partial charge in [0.1, 0.15) is 0 Å². The maximum absolute atomic E-state index is 5.96. The number of hydrogen-bond donors (Lipinski definition) is 1. The van der Waals surface area contributed by atoms with Gasteiger partial charge in [0.05, 0.1) is 15.2 Å². The highest BCUT2D eigenvalue weighted by Crippen LogP contribution is 2.37. The highest BCUT2D eigenvalue weighted by atomic mass is 32.1. The summed E-state index contributed by atoms with van der Waals surface area (Å²) in [6.07, 6.45) is 4.72. The molecule has 0 unspecified atom stereocenters. The minimum Gasteiger partial charge on any atom is -0.328 e. The van der Waals surface area contributed by atoms with E-state index in [1.165, 1.54) is 33.6 Å². The molecule has 1 aliphatic carbocycles. The summed E-state index contributed by atoms with van der Waals surface area (Å²) in [4.78, 5) is 4.84. The fourth-order valence-corrected chi connectivity index (χ4v) is 3.86. The van der Waals surface area contributed by atoms with Crippen molar-refractivity contribution in [3.63, 3.8) is 0 Å². The Labute approximate surface area is 106 Å². The van der Waals surface area contributed by atoms with Crippen molar-refractivity contribution in [3.05, 3.63) is 28.8 Å². The molecule has 17 heavy (non-hydrogen) atoms. The minimum absolute atomic E-state index is 0.419. The lowest BCUT2D eigenvalue weighted by Gasteiger charge is -2.24. The third-order valence-corrected chi connectivity index (χ3v) is 4.94. The highest BCUT2D eigenvalue weighted by Gasteiger charge is 2.22. The van der Waals surface area contributed by atoms with Crippen molar-refractivity contribution in [1.29, 1.82) is 0 Å². The summed E-state index contributed by atoms with van der Waals surface area (Å²) in [5, 5.41) is 1.32. The summed E-state index contributed by atoms with van der Waals surface area (Å²) in [5.74, 6) is 0.645. The molecule has 0 aliphatic heterocycles. The summed E-state index contributed by atoms with van der Waals surface area (Å²) < 4.78 is 1.33. The van der Waals surface area contributed by atoms with E-state index in [9.17, 15) is 0 Å². The summed E-state index contributed by atoms with van der Waals surface area (Å²) in [5.41, 5.74) is 8.44. The van der Waals surface area contributed by atoms with Gasteiger partial charge in [0.25, 0.3) is 0 Å². The van der Waals surface area contributed by atoms with Crippen LogP contribution in [-0.2, 0) is 0 Å². The second-order valence-electron chi connectivity index (χ2n) is 5.09. The number of hydrogen-bond acceptors (Lipinski definition) is 3. The van der Waals surface area contributed by atoms with Crippen LogP contribution in [0.1, 0.15) is 42.2 Å². The van der Waals surface area contributed by atoms with Gasteiger partial charge in [-0.2, -0.15) is 0 Å². The van der Waals surface area contributed by atoms with Crippen molar-refractivity contribution in [2.24, 2.45) is 5.73 Å². The Balaban J connectivity index is 1.93. The number of para-hydroxylation sites is 1. The zero-order valence-corrected chi connectivity index (χ0v) is 11.0. The Morgan fingerprint density at radius 1 is 1.24 bits per heavy atom. The number of nitrogens with zero attached hydrogens (tertiary/aromatic N) is 1. The molecular weight excluding hydrogens is 228 g/mol. The number of nitrogens with two attached hydrogens (primary N) is 1. The van der Waals surface area contributed by atoms with Crippen molar-refractivity contribution >= 4 is 21.6 Å². The number of fused-ring (bicyclic) bond motifs is 1. The smallest absolute Gasteiger partial charge is 0.0969 e. The third-order valence-electron chi connectivity index (χ3n) is 3.76. The molecule has 90 valence electrons. The van der Waals surface area contributed by atoms with Crippen molar-refractivity contribution in [1.82, 2.24) is 4.98 Å². The van der Waals surface area contributed by atoms with E-state index in [1.807, 2.05) is 11.3 Å². The lowest BCUT2D eigenvalue weighted by molar-refractivity contribution is 0.395. The zero-order chi connectivity index (χ0) is 11.8. The first-order valence-corrected chi connectivity index (χ1v) is 7.17. The van der Waals surface area contributed by atoms with Gasteiger partial charge >= 0.3 is 0 Å². The molecule has 0 bridgehead atoms. The first kappa shape index (κ1) is 11.2. The highest BCUT2D eigenvalue weighted by molar-refractivity contribution is 7.18. The Hall–Kier alpha value is -0.930. The van der Waals surface area contributed by atoms with Crippen LogP contribution in [0.4, 0.5) is 0 Å². The Morgan fingerprint density at radius 2 is 2.00 bits per heavy atom. The first-order valence-electron chi connectivity index (χ1n) is 6.35. The minimum atomic E-state index is 0.419. The molecule has 2 aromatic rings. The van der Waals surface area contributed by atoms with Crippen LogP contribution in [0, 0.1) is 6.92 Å². The molecule has 0 radical (unpaired) electrons. The van der Waals surface area contributed by atoms with E-state index in [0.29, 0.717) is 12.0 Å². The van der Waals surface area contributed by atoms with Gasteiger partial charge in [0, 0.05) is 12.0 Å². The van der Waals surface area contributed by atoms with E-state index in [-0.39, 0.29) is 0 Å². The van der Waals surface area contributed by atoms with Crippen LogP contribution >= 0.6 is 11.3 Å². The topological polar surface area (TPSA) is 38.9 Å². The van der Waals surface area contributed by atoms with Gasteiger partial charge < -0.3 is 5.73 Å². The van der Waals surface area contributed by atoms with Gasteiger partial charge in [-0.05, 0) is 44.2 Å².